The summed E-state index contributed by atoms with van der Waals surface area (Å²) < 4.78 is 0. The number of likely N-dealkylation sites (tertiary alicyclic amines) is 1. The zero-order valence-corrected chi connectivity index (χ0v) is 15.2. The Hall–Kier alpha value is -1.88. The molecule has 0 radical (unpaired) electrons. The minimum atomic E-state index is 0.115. The van der Waals surface area contributed by atoms with Crippen LogP contribution in [0, 0.1) is 6.92 Å². The number of hydrogen-bond acceptors (Lipinski definition) is 3. The molecule has 0 saturated carbocycles. The first-order chi connectivity index (χ1) is 12.1. The van der Waals surface area contributed by atoms with E-state index < -0.39 is 0 Å². The first-order valence-electron chi connectivity index (χ1n) is 9.49. The summed E-state index contributed by atoms with van der Waals surface area (Å²) in [5.74, 6) is 0.405. The van der Waals surface area contributed by atoms with E-state index in [2.05, 4.69) is 4.90 Å². The fraction of sp³-hybridized carbons (Fsp3) is 0.600. The monoisotopic (exact) mass is 343 g/mol. The predicted octanol–water partition coefficient (Wildman–Crippen LogP) is 2.16. The summed E-state index contributed by atoms with van der Waals surface area (Å²) in [7, 11) is 0. The Morgan fingerprint density at radius 2 is 1.48 bits per heavy atom. The molecule has 0 N–H and O–H groups in total. The summed E-state index contributed by atoms with van der Waals surface area (Å²) in [5, 5.41) is 0. The van der Waals surface area contributed by atoms with Gasteiger partial charge in [-0.2, -0.15) is 0 Å². The van der Waals surface area contributed by atoms with Gasteiger partial charge in [-0.05, 0) is 38.3 Å². The van der Waals surface area contributed by atoms with Gasteiger partial charge in [-0.25, -0.2) is 0 Å². The second kappa shape index (κ2) is 8.48. The lowest BCUT2D eigenvalue weighted by atomic mass is 10.1. The van der Waals surface area contributed by atoms with Gasteiger partial charge in [0, 0.05) is 57.8 Å². The van der Waals surface area contributed by atoms with E-state index in [1.807, 2.05) is 41.0 Å². The molecule has 2 aliphatic heterocycles. The first kappa shape index (κ1) is 17.9. The highest BCUT2D eigenvalue weighted by Crippen LogP contribution is 2.12. The Morgan fingerprint density at radius 3 is 2.12 bits per heavy atom. The van der Waals surface area contributed by atoms with Crippen LogP contribution in [-0.2, 0) is 4.79 Å². The molecule has 3 rings (SSSR count). The van der Waals surface area contributed by atoms with Crippen LogP contribution >= 0.6 is 0 Å². The second-order valence-corrected chi connectivity index (χ2v) is 7.19. The molecule has 0 aliphatic carbocycles. The molecule has 2 aliphatic rings. The van der Waals surface area contributed by atoms with E-state index in [1.165, 1.54) is 12.0 Å². The lowest BCUT2D eigenvalue weighted by Crippen LogP contribution is -2.49. The number of benzene rings is 1. The minimum absolute atomic E-state index is 0.115. The maximum Gasteiger partial charge on any atom is 0.253 e. The van der Waals surface area contributed by atoms with Crippen LogP contribution in [0.4, 0.5) is 0 Å². The summed E-state index contributed by atoms with van der Waals surface area (Å²) in [5.41, 5.74) is 1.93. The lowest BCUT2D eigenvalue weighted by Gasteiger charge is -2.35. The van der Waals surface area contributed by atoms with Crippen molar-refractivity contribution in [1.82, 2.24) is 14.7 Å². The molecular weight excluding hydrogens is 314 g/mol. The molecule has 25 heavy (non-hydrogen) atoms. The number of nitrogens with zero attached hydrogens (tertiary/aromatic N) is 3. The molecule has 2 saturated heterocycles. The highest BCUT2D eigenvalue weighted by atomic mass is 16.2. The van der Waals surface area contributed by atoms with E-state index in [0.717, 1.165) is 64.2 Å². The Labute approximate surface area is 150 Å². The number of carbonyl (C=O) groups is 2. The smallest absolute Gasteiger partial charge is 0.253 e. The summed E-state index contributed by atoms with van der Waals surface area (Å²) in [4.78, 5) is 31.0. The van der Waals surface area contributed by atoms with Crippen molar-refractivity contribution in [3.8, 4) is 0 Å². The third-order valence-electron chi connectivity index (χ3n) is 5.31. The van der Waals surface area contributed by atoms with Crippen LogP contribution in [0.5, 0.6) is 0 Å². The van der Waals surface area contributed by atoms with E-state index in [0.29, 0.717) is 6.42 Å². The quantitative estimate of drug-likeness (QED) is 0.841. The van der Waals surface area contributed by atoms with E-state index >= 15 is 0 Å². The number of hydrogen-bond donors (Lipinski definition) is 0. The van der Waals surface area contributed by atoms with Crippen molar-refractivity contribution in [2.75, 3.05) is 45.8 Å². The Balaban J connectivity index is 1.41. The fourth-order valence-corrected chi connectivity index (χ4v) is 3.61. The Bertz CT molecular complexity index is 585. The minimum Gasteiger partial charge on any atom is -0.343 e. The molecule has 5 heteroatoms. The van der Waals surface area contributed by atoms with Crippen LogP contribution in [0.2, 0.25) is 0 Å². The highest BCUT2D eigenvalue weighted by Gasteiger charge is 2.23. The van der Waals surface area contributed by atoms with Gasteiger partial charge in [-0.1, -0.05) is 17.7 Å². The van der Waals surface area contributed by atoms with Crippen LogP contribution in [0.25, 0.3) is 0 Å². The van der Waals surface area contributed by atoms with Crippen LogP contribution in [0.15, 0.2) is 24.3 Å². The van der Waals surface area contributed by atoms with Crippen molar-refractivity contribution in [1.29, 1.82) is 0 Å². The molecule has 136 valence electrons. The molecule has 1 aromatic rings. The third-order valence-corrected chi connectivity index (χ3v) is 5.31. The average Bonchev–Trinajstić information content (AvgIpc) is 2.67. The maximum absolute atomic E-state index is 12.5. The molecule has 2 amide bonds. The zero-order chi connectivity index (χ0) is 17.6. The van der Waals surface area contributed by atoms with Crippen molar-refractivity contribution >= 4 is 11.8 Å². The summed E-state index contributed by atoms with van der Waals surface area (Å²) in [6.45, 7) is 7.88. The van der Waals surface area contributed by atoms with E-state index in [4.69, 9.17) is 0 Å². The molecule has 0 spiro atoms. The standard InChI is InChI=1S/C20H29N3O2/c1-17-5-7-18(8-6-17)20(25)23-15-13-21(14-16-23)12-9-19(24)22-10-3-2-4-11-22/h5-8H,2-4,9-16H2,1H3. The van der Waals surface area contributed by atoms with Crippen molar-refractivity contribution in [2.24, 2.45) is 0 Å². The number of aryl methyl sites for hydroxylation is 1. The summed E-state index contributed by atoms with van der Waals surface area (Å²) in [6.07, 6.45) is 4.14. The normalized spacial score (nSPS) is 19.1. The average molecular weight is 343 g/mol. The SMILES string of the molecule is Cc1ccc(C(=O)N2CCN(CCC(=O)N3CCCCC3)CC2)cc1. The van der Waals surface area contributed by atoms with Gasteiger partial charge in [0.15, 0.2) is 0 Å². The van der Waals surface area contributed by atoms with E-state index in [-0.39, 0.29) is 11.8 Å². The molecule has 2 fully saturated rings. The Kier molecular flexibility index (Phi) is 6.08. The van der Waals surface area contributed by atoms with Crippen molar-refractivity contribution in [3.63, 3.8) is 0 Å². The fourth-order valence-electron chi connectivity index (χ4n) is 3.61. The van der Waals surface area contributed by atoms with Gasteiger partial charge in [0.1, 0.15) is 0 Å². The molecule has 0 unspecified atom stereocenters. The van der Waals surface area contributed by atoms with Gasteiger partial charge in [-0.15, -0.1) is 0 Å². The number of amides is 2. The van der Waals surface area contributed by atoms with Gasteiger partial charge >= 0.3 is 0 Å². The zero-order valence-electron chi connectivity index (χ0n) is 15.2. The van der Waals surface area contributed by atoms with Gasteiger partial charge in [0.25, 0.3) is 5.91 Å². The molecule has 5 nitrogen and oxygen atoms in total. The molecule has 0 bridgehead atoms. The molecule has 0 atom stereocenters. The van der Waals surface area contributed by atoms with Gasteiger partial charge in [0.05, 0.1) is 0 Å². The number of rotatable bonds is 4. The topological polar surface area (TPSA) is 43.9 Å². The van der Waals surface area contributed by atoms with Gasteiger partial charge < -0.3 is 9.80 Å². The first-order valence-corrected chi connectivity index (χ1v) is 9.49. The van der Waals surface area contributed by atoms with Gasteiger partial charge in [-0.3, -0.25) is 14.5 Å². The number of carbonyl (C=O) groups excluding carboxylic acids is 2. The summed E-state index contributed by atoms with van der Waals surface area (Å²) >= 11 is 0. The lowest BCUT2D eigenvalue weighted by molar-refractivity contribution is -0.132. The molecule has 0 aromatic heterocycles. The van der Waals surface area contributed by atoms with Crippen molar-refractivity contribution in [3.05, 3.63) is 35.4 Å². The van der Waals surface area contributed by atoms with Gasteiger partial charge in [0.2, 0.25) is 5.91 Å². The van der Waals surface area contributed by atoms with E-state index in [9.17, 15) is 9.59 Å². The number of piperazine rings is 1. The predicted molar refractivity (Wildman–Crippen MR) is 98.6 cm³/mol. The third kappa shape index (κ3) is 4.82. The van der Waals surface area contributed by atoms with Crippen molar-refractivity contribution < 1.29 is 9.59 Å². The molecular formula is C20H29N3O2. The number of piperidine rings is 1. The van der Waals surface area contributed by atoms with Crippen LogP contribution in [0.1, 0.15) is 41.6 Å². The maximum atomic E-state index is 12.5. The second-order valence-electron chi connectivity index (χ2n) is 7.19. The molecule has 2 heterocycles. The molecule has 1 aromatic carbocycles. The van der Waals surface area contributed by atoms with Crippen LogP contribution < -0.4 is 0 Å². The largest absolute Gasteiger partial charge is 0.343 e. The van der Waals surface area contributed by atoms with Crippen LogP contribution in [-0.4, -0.2) is 72.3 Å². The van der Waals surface area contributed by atoms with Crippen LogP contribution in [0.3, 0.4) is 0 Å². The van der Waals surface area contributed by atoms with E-state index in [1.54, 1.807) is 0 Å². The highest BCUT2D eigenvalue weighted by molar-refractivity contribution is 5.94. The summed E-state index contributed by atoms with van der Waals surface area (Å²) in [6, 6.07) is 7.77. The Morgan fingerprint density at radius 1 is 0.840 bits per heavy atom. The van der Waals surface area contributed by atoms with Crippen molar-refractivity contribution in [2.45, 2.75) is 32.6 Å².